The van der Waals surface area contributed by atoms with Gasteiger partial charge in [0.2, 0.25) is 5.91 Å². The van der Waals surface area contributed by atoms with Gasteiger partial charge in [0.15, 0.2) is 5.76 Å². The first-order valence-corrected chi connectivity index (χ1v) is 9.12. The summed E-state index contributed by atoms with van der Waals surface area (Å²) >= 11 is 0. The Morgan fingerprint density at radius 2 is 2.12 bits per heavy atom. The van der Waals surface area contributed by atoms with Gasteiger partial charge in [-0.1, -0.05) is 19.0 Å². The summed E-state index contributed by atoms with van der Waals surface area (Å²) < 4.78 is 7.45. The molecule has 136 valence electrons. The molecular weight excluding hydrogens is 316 g/mol. The van der Waals surface area contributed by atoms with Gasteiger partial charge in [0, 0.05) is 30.4 Å². The molecule has 1 saturated heterocycles. The molecule has 6 nitrogen and oxygen atoms in total. The fourth-order valence-electron chi connectivity index (χ4n) is 3.67. The molecule has 25 heavy (non-hydrogen) atoms. The summed E-state index contributed by atoms with van der Waals surface area (Å²) in [5, 5.41) is 8.60. The first-order valence-electron chi connectivity index (χ1n) is 9.12. The molecule has 0 saturated carbocycles. The van der Waals surface area contributed by atoms with Gasteiger partial charge in [-0.15, -0.1) is 0 Å². The van der Waals surface area contributed by atoms with Crippen LogP contribution in [-0.4, -0.2) is 32.3 Å². The van der Waals surface area contributed by atoms with E-state index in [1.807, 2.05) is 29.5 Å². The van der Waals surface area contributed by atoms with Crippen molar-refractivity contribution >= 4 is 5.91 Å². The largest absolute Gasteiger partial charge is 0.359 e. The van der Waals surface area contributed by atoms with E-state index in [1.54, 1.807) is 0 Å². The second kappa shape index (κ2) is 7.02. The Labute approximate surface area is 149 Å². The van der Waals surface area contributed by atoms with Crippen molar-refractivity contribution in [3.05, 3.63) is 34.5 Å². The lowest BCUT2D eigenvalue weighted by atomic mass is 10.1. The van der Waals surface area contributed by atoms with Crippen LogP contribution in [0.4, 0.5) is 0 Å². The molecule has 1 unspecified atom stereocenters. The van der Waals surface area contributed by atoms with Crippen molar-refractivity contribution in [2.75, 3.05) is 6.54 Å². The Kier molecular flexibility index (Phi) is 4.97. The summed E-state index contributed by atoms with van der Waals surface area (Å²) in [5.41, 5.74) is 3.98. The number of aryl methyl sites for hydroxylation is 2. The Balaban J connectivity index is 1.77. The minimum atomic E-state index is 0.0139. The van der Waals surface area contributed by atoms with E-state index in [2.05, 4.69) is 31.0 Å². The molecule has 6 heteroatoms. The zero-order valence-electron chi connectivity index (χ0n) is 15.9. The molecule has 1 aliphatic rings. The third kappa shape index (κ3) is 3.62. The lowest BCUT2D eigenvalue weighted by molar-refractivity contribution is -0.131. The summed E-state index contributed by atoms with van der Waals surface area (Å²) in [6.45, 7) is 12.0. The van der Waals surface area contributed by atoms with Crippen LogP contribution in [0, 0.1) is 26.7 Å². The molecule has 1 fully saturated rings. The van der Waals surface area contributed by atoms with Crippen LogP contribution in [0.15, 0.2) is 10.6 Å². The Bertz CT molecular complexity index is 760. The molecule has 0 aliphatic carbocycles. The highest BCUT2D eigenvalue weighted by Crippen LogP contribution is 2.33. The van der Waals surface area contributed by atoms with Gasteiger partial charge in [-0.2, -0.15) is 5.10 Å². The van der Waals surface area contributed by atoms with Gasteiger partial charge in [0.25, 0.3) is 0 Å². The zero-order valence-corrected chi connectivity index (χ0v) is 15.9. The first-order chi connectivity index (χ1) is 11.9. The molecule has 2 aromatic heterocycles. The molecule has 0 spiro atoms. The van der Waals surface area contributed by atoms with Gasteiger partial charge in [-0.05, 0) is 39.5 Å². The highest BCUT2D eigenvalue weighted by molar-refractivity contribution is 5.80. The van der Waals surface area contributed by atoms with Crippen LogP contribution in [0.2, 0.25) is 0 Å². The number of hydrogen-bond acceptors (Lipinski definition) is 4. The third-order valence-electron chi connectivity index (χ3n) is 4.95. The van der Waals surface area contributed by atoms with Crippen LogP contribution in [-0.2, 0) is 17.8 Å². The first kappa shape index (κ1) is 17.7. The summed E-state index contributed by atoms with van der Waals surface area (Å²) in [6, 6.07) is 1.95. The van der Waals surface area contributed by atoms with E-state index in [1.165, 1.54) is 0 Å². The Morgan fingerprint density at radius 1 is 1.36 bits per heavy atom. The van der Waals surface area contributed by atoms with Gasteiger partial charge in [0.1, 0.15) is 0 Å². The van der Waals surface area contributed by atoms with Gasteiger partial charge in [-0.3, -0.25) is 9.48 Å². The van der Waals surface area contributed by atoms with Crippen molar-refractivity contribution < 1.29 is 9.32 Å². The summed E-state index contributed by atoms with van der Waals surface area (Å²) in [5.74, 6) is 1.47. The highest BCUT2D eigenvalue weighted by atomic mass is 16.5. The van der Waals surface area contributed by atoms with Crippen LogP contribution >= 0.6 is 0 Å². The monoisotopic (exact) mass is 344 g/mol. The van der Waals surface area contributed by atoms with Crippen molar-refractivity contribution in [2.24, 2.45) is 5.92 Å². The predicted octanol–water partition coefficient (Wildman–Crippen LogP) is 3.36. The molecule has 0 radical (unpaired) electrons. The number of aromatic nitrogens is 3. The molecule has 0 N–H and O–H groups in total. The molecule has 1 atom stereocenters. The highest BCUT2D eigenvalue weighted by Gasteiger charge is 2.33. The van der Waals surface area contributed by atoms with Gasteiger partial charge in [-0.25, -0.2) is 0 Å². The molecule has 2 aromatic rings. The summed E-state index contributed by atoms with van der Waals surface area (Å²) in [4.78, 5) is 14.9. The van der Waals surface area contributed by atoms with E-state index in [0.29, 0.717) is 12.3 Å². The maximum Gasteiger partial charge on any atom is 0.227 e. The van der Waals surface area contributed by atoms with E-state index in [4.69, 9.17) is 4.52 Å². The van der Waals surface area contributed by atoms with E-state index < -0.39 is 0 Å². The lowest BCUT2D eigenvalue weighted by Gasteiger charge is -2.22. The average molecular weight is 344 g/mol. The topological polar surface area (TPSA) is 64.2 Å². The van der Waals surface area contributed by atoms with Crippen LogP contribution in [0.25, 0.3) is 0 Å². The van der Waals surface area contributed by atoms with E-state index >= 15 is 0 Å². The van der Waals surface area contributed by atoms with E-state index in [-0.39, 0.29) is 11.9 Å². The van der Waals surface area contributed by atoms with Crippen LogP contribution < -0.4 is 0 Å². The minimum Gasteiger partial charge on any atom is -0.359 e. The van der Waals surface area contributed by atoms with E-state index in [0.717, 1.165) is 54.3 Å². The number of rotatable bonds is 5. The van der Waals surface area contributed by atoms with E-state index in [9.17, 15) is 4.79 Å². The van der Waals surface area contributed by atoms with Crippen molar-refractivity contribution in [3.8, 4) is 0 Å². The fourth-order valence-corrected chi connectivity index (χ4v) is 3.67. The molecule has 0 bridgehead atoms. The molecule has 0 aromatic carbocycles. The third-order valence-corrected chi connectivity index (χ3v) is 4.95. The number of carbonyl (C=O) groups is 1. The average Bonchev–Trinajstić information content (AvgIpc) is 3.23. The number of amides is 1. The zero-order chi connectivity index (χ0) is 18.1. The maximum atomic E-state index is 13.0. The van der Waals surface area contributed by atoms with Gasteiger partial charge < -0.3 is 9.42 Å². The SMILES string of the molecule is Cc1cc(C2CCCN2C(=O)Cc2c(C)nn(CC(C)C)c2C)on1. The lowest BCUT2D eigenvalue weighted by Crippen LogP contribution is -2.32. The smallest absolute Gasteiger partial charge is 0.227 e. The van der Waals surface area contributed by atoms with Crippen molar-refractivity contribution in [2.45, 2.75) is 66.5 Å². The Morgan fingerprint density at radius 3 is 2.76 bits per heavy atom. The summed E-state index contributed by atoms with van der Waals surface area (Å²) in [7, 11) is 0. The molecule has 3 heterocycles. The molecule has 3 rings (SSSR count). The van der Waals surface area contributed by atoms with Crippen LogP contribution in [0.1, 0.15) is 61.1 Å². The number of hydrogen-bond donors (Lipinski definition) is 0. The normalized spacial score (nSPS) is 17.7. The molecule has 1 amide bonds. The maximum absolute atomic E-state index is 13.0. The van der Waals surface area contributed by atoms with Crippen LogP contribution in [0.5, 0.6) is 0 Å². The predicted molar refractivity (Wildman–Crippen MR) is 95.2 cm³/mol. The Hall–Kier alpha value is -2.11. The minimum absolute atomic E-state index is 0.0139. The standard InChI is InChI=1S/C19H28N4O2/c1-12(2)11-23-15(5)16(14(4)20-23)10-19(24)22-8-6-7-17(22)18-9-13(3)21-25-18/h9,12,17H,6-8,10-11H2,1-5H3. The number of carbonyl (C=O) groups excluding carboxylic acids is 1. The molecular formula is C19H28N4O2. The van der Waals surface area contributed by atoms with Crippen LogP contribution in [0.3, 0.4) is 0 Å². The summed E-state index contributed by atoms with van der Waals surface area (Å²) in [6.07, 6.45) is 2.34. The molecule has 1 aliphatic heterocycles. The second-order valence-electron chi connectivity index (χ2n) is 7.52. The number of likely N-dealkylation sites (tertiary alicyclic amines) is 1. The van der Waals surface area contributed by atoms with Crippen molar-refractivity contribution in [3.63, 3.8) is 0 Å². The quantitative estimate of drug-likeness (QED) is 0.834. The van der Waals surface area contributed by atoms with Gasteiger partial charge >= 0.3 is 0 Å². The van der Waals surface area contributed by atoms with Crippen molar-refractivity contribution in [1.82, 2.24) is 19.8 Å². The fraction of sp³-hybridized carbons (Fsp3) is 0.632. The second-order valence-corrected chi connectivity index (χ2v) is 7.52. The van der Waals surface area contributed by atoms with Crippen molar-refractivity contribution in [1.29, 1.82) is 0 Å². The van der Waals surface area contributed by atoms with Gasteiger partial charge in [0.05, 0.1) is 23.9 Å². The number of nitrogens with zero attached hydrogens (tertiary/aromatic N) is 4.